The Kier molecular flexibility index (Phi) is 3.34. The first-order valence-corrected chi connectivity index (χ1v) is 7.10. The maximum atomic E-state index is 6.06. The van der Waals surface area contributed by atoms with Crippen molar-refractivity contribution in [3.8, 4) is 0 Å². The number of rotatable bonds is 3. The molecule has 1 aliphatic rings. The first kappa shape index (κ1) is 13.0. The molecule has 2 heterocycles. The minimum atomic E-state index is 0.289. The summed E-state index contributed by atoms with van der Waals surface area (Å²) in [6.07, 6.45) is 2.14. The fourth-order valence-corrected chi connectivity index (χ4v) is 2.62. The number of aromatic nitrogens is 2. The summed E-state index contributed by atoms with van der Waals surface area (Å²) in [5.74, 6) is 1.73. The van der Waals surface area contributed by atoms with Crippen molar-refractivity contribution in [2.75, 3.05) is 17.2 Å². The van der Waals surface area contributed by atoms with Gasteiger partial charge in [-0.25, -0.2) is 0 Å². The lowest BCUT2D eigenvalue weighted by Gasteiger charge is -2.30. The van der Waals surface area contributed by atoms with Crippen molar-refractivity contribution in [1.82, 2.24) is 10.1 Å². The molecule has 1 aromatic heterocycles. The Labute approximate surface area is 118 Å². The van der Waals surface area contributed by atoms with E-state index in [2.05, 4.69) is 35.0 Å². The van der Waals surface area contributed by atoms with Crippen molar-refractivity contribution >= 4 is 11.4 Å². The molecule has 0 aliphatic carbocycles. The molecular weight excluding hydrogens is 252 g/mol. The van der Waals surface area contributed by atoms with Crippen LogP contribution in [0.4, 0.5) is 11.4 Å². The lowest BCUT2D eigenvalue weighted by atomic mass is 10.00. The zero-order chi connectivity index (χ0) is 14.1. The van der Waals surface area contributed by atoms with Gasteiger partial charge in [-0.2, -0.15) is 4.98 Å². The fraction of sp³-hybridized carbons (Fsp3) is 0.467. The highest BCUT2D eigenvalue weighted by Gasteiger charge is 2.21. The smallest absolute Gasteiger partial charge is 0.246 e. The van der Waals surface area contributed by atoms with Crippen molar-refractivity contribution in [1.29, 1.82) is 0 Å². The summed E-state index contributed by atoms with van der Waals surface area (Å²) in [4.78, 5) is 6.72. The van der Waals surface area contributed by atoms with Crippen molar-refractivity contribution in [2.24, 2.45) is 0 Å². The van der Waals surface area contributed by atoms with Crippen molar-refractivity contribution in [2.45, 2.75) is 39.2 Å². The number of nitrogens with zero attached hydrogens (tertiary/aromatic N) is 3. The van der Waals surface area contributed by atoms with E-state index in [9.17, 15) is 0 Å². The molecule has 0 spiro atoms. The van der Waals surface area contributed by atoms with Crippen LogP contribution in [0.15, 0.2) is 22.7 Å². The van der Waals surface area contributed by atoms with Crippen molar-refractivity contribution in [3.63, 3.8) is 0 Å². The van der Waals surface area contributed by atoms with Gasteiger partial charge in [0.2, 0.25) is 5.89 Å². The number of hydrogen-bond donors (Lipinski definition) is 1. The number of hydrogen-bond acceptors (Lipinski definition) is 5. The van der Waals surface area contributed by atoms with E-state index < -0.39 is 0 Å². The monoisotopic (exact) mass is 272 g/mol. The number of fused-ring (bicyclic) bond motifs is 1. The van der Waals surface area contributed by atoms with Gasteiger partial charge in [-0.1, -0.05) is 25.1 Å². The van der Waals surface area contributed by atoms with E-state index in [0.29, 0.717) is 12.4 Å². The number of nitrogens with two attached hydrogens (primary N) is 1. The van der Waals surface area contributed by atoms with Gasteiger partial charge in [-0.3, -0.25) is 0 Å². The second-order valence-corrected chi connectivity index (χ2v) is 5.57. The van der Waals surface area contributed by atoms with E-state index in [1.807, 2.05) is 12.1 Å². The first-order chi connectivity index (χ1) is 9.65. The maximum absolute atomic E-state index is 6.06. The van der Waals surface area contributed by atoms with E-state index in [1.54, 1.807) is 0 Å². The zero-order valence-electron chi connectivity index (χ0n) is 12.0. The van der Waals surface area contributed by atoms with Crippen LogP contribution in [0.2, 0.25) is 0 Å². The van der Waals surface area contributed by atoms with Gasteiger partial charge in [0, 0.05) is 23.8 Å². The summed E-state index contributed by atoms with van der Waals surface area (Å²) in [7, 11) is 0. The van der Waals surface area contributed by atoms with Crippen LogP contribution in [0.5, 0.6) is 0 Å². The third-order valence-corrected chi connectivity index (χ3v) is 3.71. The zero-order valence-corrected chi connectivity index (χ0v) is 12.0. The van der Waals surface area contributed by atoms with Gasteiger partial charge in [0.1, 0.15) is 0 Å². The summed E-state index contributed by atoms with van der Waals surface area (Å²) in [6.45, 7) is 5.77. The average molecular weight is 272 g/mol. The summed E-state index contributed by atoms with van der Waals surface area (Å²) in [5, 5.41) is 4.02. The first-order valence-electron chi connectivity index (χ1n) is 7.10. The van der Waals surface area contributed by atoms with Crippen LogP contribution in [0, 0.1) is 0 Å². The molecule has 0 bridgehead atoms. The molecule has 0 saturated heterocycles. The summed E-state index contributed by atoms with van der Waals surface area (Å²) in [5.41, 5.74) is 9.37. The molecule has 0 saturated carbocycles. The standard InChI is InChI=1S/C15H20N4O/c1-10(2)15-17-14(20-18-15)9-19-8-4-5-11-12(16)6-3-7-13(11)19/h3,6-7,10H,4-5,8-9,16H2,1-2H3. The van der Waals surface area contributed by atoms with Crippen LogP contribution in [0.1, 0.15) is 43.5 Å². The Balaban J connectivity index is 1.84. The number of benzene rings is 1. The second kappa shape index (κ2) is 5.15. The van der Waals surface area contributed by atoms with Crippen LogP contribution in [-0.2, 0) is 13.0 Å². The van der Waals surface area contributed by atoms with E-state index in [0.717, 1.165) is 30.9 Å². The molecule has 20 heavy (non-hydrogen) atoms. The average Bonchev–Trinajstić information content (AvgIpc) is 2.89. The van der Waals surface area contributed by atoms with E-state index in [1.165, 1.54) is 11.3 Å². The van der Waals surface area contributed by atoms with Crippen LogP contribution < -0.4 is 10.6 Å². The third-order valence-electron chi connectivity index (χ3n) is 3.71. The lowest BCUT2D eigenvalue weighted by molar-refractivity contribution is 0.368. The molecule has 1 aliphatic heterocycles. The predicted molar refractivity (Wildman–Crippen MR) is 78.6 cm³/mol. The Bertz CT molecular complexity index is 606. The fourth-order valence-electron chi connectivity index (χ4n) is 2.62. The van der Waals surface area contributed by atoms with Gasteiger partial charge in [-0.15, -0.1) is 0 Å². The second-order valence-electron chi connectivity index (χ2n) is 5.57. The summed E-state index contributed by atoms with van der Waals surface area (Å²) in [6, 6.07) is 6.08. The van der Waals surface area contributed by atoms with Gasteiger partial charge in [-0.05, 0) is 30.5 Å². The Morgan fingerprint density at radius 3 is 3.00 bits per heavy atom. The molecule has 2 aromatic rings. The maximum Gasteiger partial charge on any atom is 0.246 e. The molecule has 0 unspecified atom stereocenters. The normalized spacial score (nSPS) is 14.7. The molecule has 5 heteroatoms. The molecular formula is C15H20N4O. The quantitative estimate of drug-likeness (QED) is 0.870. The van der Waals surface area contributed by atoms with Crippen LogP contribution >= 0.6 is 0 Å². The van der Waals surface area contributed by atoms with E-state index >= 15 is 0 Å². The van der Waals surface area contributed by atoms with E-state index in [4.69, 9.17) is 10.3 Å². The Morgan fingerprint density at radius 1 is 1.40 bits per heavy atom. The predicted octanol–water partition coefficient (Wildman–Crippen LogP) is 2.73. The SMILES string of the molecule is CC(C)c1noc(CN2CCCc3c(N)cccc32)n1. The molecule has 3 rings (SSSR count). The van der Waals surface area contributed by atoms with Gasteiger partial charge in [0.25, 0.3) is 0 Å². The summed E-state index contributed by atoms with van der Waals surface area (Å²) >= 11 is 0. The number of anilines is 2. The molecule has 106 valence electrons. The highest BCUT2D eigenvalue weighted by atomic mass is 16.5. The van der Waals surface area contributed by atoms with Gasteiger partial charge >= 0.3 is 0 Å². The van der Waals surface area contributed by atoms with Gasteiger partial charge in [0.15, 0.2) is 5.82 Å². The highest BCUT2D eigenvalue weighted by Crippen LogP contribution is 2.32. The molecule has 0 radical (unpaired) electrons. The number of nitrogen functional groups attached to an aromatic ring is 1. The Hall–Kier alpha value is -2.04. The Morgan fingerprint density at radius 2 is 2.25 bits per heavy atom. The lowest BCUT2D eigenvalue weighted by Crippen LogP contribution is -2.29. The van der Waals surface area contributed by atoms with Crippen LogP contribution in [-0.4, -0.2) is 16.7 Å². The summed E-state index contributed by atoms with van der Waals surface area (Å²) < 4.78 is 5.34. The minimum Gasteiger partial charge on any atom is -0.398 e. The minimum absolute atomic E-state index is 0.289. The molecule has 1 aromatic carbocycles. The van der Waals surface area contributed by atoms with Crippen LogP contribution in [0.3, 0.4) is 0 Å². The van der Waals surface area contributed by atoms with Crippen molar-refractivity contribution < 1.29 is 4.52 Å². The molecule has 5 nitrogen and oxygen atoms in total. The molecule has 0 atom stereocenters. The third kappa shape index (κ3) is 2.35. The molecule has 2 N–H and O–H groups in total. The van der Waals surface area contributed by atoms with Gasteiger partial charge in [0.05, 0.1) is 6.54 Å². The van der Waals surface area contributed by atoms with Crippen molar-refractivity contribution in [3.05, 3.63) is 35.5 Å². The highest BCUT2D eigenvalue weighted by molar-refractivity contribution is 5.66. The van der Waals surface area contributed by atoms with E-state index in [-0.39, 0.29) is 5.92 Å². The topological polar surface area (TPSA) is 68.2 Å². The van der Waals surface area contributed by atoms with Gasteiger partial charge < -0.3 is 15.2 Å². The van der Waals surface area contributed by atoms with Crippen LogP contribution in [0.25, 0.3) is 0 Å². The molecule has 0 fully saturated rings. The largest absolute Gasteiger partial charge is 0.398 e. The molecule has 0 amide bonds.